The molecule has 162 valence electrons. The Bertz CT molecular complexity index is 846. The van der Waals surface area contributed by atoms with E-state index in [0.29, 0.717) is 19.5 Å². The highest BCUT2D eigenvalue weighted by Crippen LogP contribution is 2.26. The van der Waals surface area contributed by atoms with Crippen molar-refractivity contribution in [3.05, 3.63) is 29.8 Å². The van der Waals surface area contributed by atoms with Gasteiger partial charge in [0.2, 0.25) is 15.9 Å². The number of sulfonamides is 1. The second kappa shape index (κ2) is 8.71. The van der Waals surface area contributed by atoms with Crippen LogP contribution in [0.3, 0.4) is 0 Å². The summed E-state index contributed by atoms with van der Waals surface area (Å²) in [5.41, 5.74) is 0.218. The molecule has 2 atom stereocenters. The van der Waals surface area contributed by atoms with Gasteiger partial charge in [0.15, 0.2) is 0 Å². The lowest BCUT2D eigenvalue weighted by molar-refractivity contribution is -0.137. The van der Waals surface area contributed by atoms with Crippen molar-refractivity contribution in [2.45, 2.75) is 57.1 Å². The zero-order valence-corrected chi connectivity index (χ0v) is 18.5. The van der Waals surface area contributed by atoms with Gasteiger partial charge in [-0.2, -0.15) is 0 Å². The molecule has 1 aromatic carbocycles. The molecular weight excluding hydrogens is 394 g/mol. The average Bonchev–Trinajstić information content (AvgIpc) is 2.64. The van der Waals surface area contributed by atoms with Crippen LogP contribution in [0.4, 0.5) is 4.79 Å². The highest BCUT2D eigenvalue weighted by atomic mass is 32.2. The van der Waals surface area contributed by atoms with Gasteiger partial charge >= 0.3 is 6.09 Å². The Kier molecular flexibility index (Phi) is 6.95. The predicted molar refractivity (Wildman–Crippen MR) is 110 cm³/mol. The summed E-state index contributed by atoms with van der Waals surface area (Å²) in [4.78, 5) is 28.6. The Morgan fingerprint density at radius 2 is 1.83 bits per heavy atom. The number of carbonyl (C=O) groups is 2. The first-order chi connectivity index (χ1) is 13.3. The molecule has 8 nitrogen and oxygen atoms in total. The van der Waals surface area contributed by atoms with Crippen molar-refractivity contribution in [1.82, 2.24) is 9.80 Å². The maximum Gasteiger partial charge on any atom is 0.410 e. The molecule has 9 heteroatoms. The maximum atomic E-state index is 13.0. The van der Waals surface area contributed by atoms with Gasteiger partial charge in [0.1, 0.15) is 5.60 Å². The van der Waals surface area contributed by atoms with E-state index in [-0.39, 0.29) is 22.8 Å². The minimum Gasteiger partial charge on any atom is -0.444 e. The smallest absolute Gasteiger partial charge is 0.410 e. The Hall–Kier alpha value is -2.13. The van der Waals surface area contributed by atoms with E-state index in [9.17, 15) is 18.0 Å². The summed E-state index contributed by atoms with van der Waals surface area (Å²) in [6.45, 7) is 8.22. The molecule has 1 saturated heterocycles. The Morgan fingerprint density at radius 3 is 2.34 bits per heavy atom. The number of piperidine rings is 1. The van der Waals surface area contributed by atoms with E-state index in [1.807, 2.05) is 27.7 Å². The predicted octanol–water partition coefficient (Wildman–Crippen LogP) is 2.50. The molecule has 1 aliphatic heterocycles. The number of ether oxygens (including phenoxy) is 1. The summed E-state index contributed by atoms with van der Waals surface area (Å²) in [5.74, 6) is -0.353. The van der Waals surface area contributed by atoms with E-state index in [2.05, 4.69) is 0 Å². The fourth-order valence-corrected chi connectivity index (χ4v) is 3.82. The molecule has 0 aromatic heterocycles. The highest BCUT2D eigenvalue weighted by Gasteiger charge is 2.33. The number of likely N-dealkylation sites (tertiary alicyclic amines) is 1. The lowest BCUT2D eigenvalue weighted by Crippen LogP contribution is -2.47. The third-order valence-electron chi connectivity index (χ3n) is 5.04. The van der Waals surface area contributed by atoms with Gasteiger partial charge in [-0.15, -0.1) is 0 Å². The number of hydrogen-bond acceptors (Lipinski definition) is 5. The van der Waals surface area contributed by atoms with Crippen molar-refractivity contribution >= 4 is 22.0 Å². The van der Waals surface area contributed by atoms with Crippen molar-refractivity contribution in [3.8, 4) is 0 Å². The van der Waals surface area contributed by atoms with Crippen LogP contribution in [0.25, 0.3) is 0 Å². The molecule has 2 N–H and O–H groups in total. The monoisotopic (exact) mass is 425 g/mol. The van der Waals surface area contributed by atoms with E-state index < -0.39 is 21.7 Å². The lowest BCUT2D eigenvalue weighted by atomic mass is 9.95. The molecule has 0 spiro atoms. The Labute approximate surface area is 173 Å². The van der Waals surface area contributed by atoms with Crippen molar-refractivity contribution in [3.63, 3.8) is 0 Å². The van der Waals surface area contributed by atoms with Gasteiger partial charge in [-0.3, -0.25) is 4.79 Å². The molecule has 0 unspecified atom stereocenters. The summed E-state index contributed by atoms with van der Waals surface area (Å²) < 4.78 is 28.2. The van der Waals surface area contributed by atoms with Gasteiger partial charge in [0, 0.05) is 20.1 Å². The molecule has 0 radical (unpaired) electrons. The van der Waals surface area contributed by atoms with Crippen LogP contribution >= 0.6 is 0 Å². The van der Waals surface area contributed by atoms with Gasteiger partial charge in [-0.1, -0.05) is 12.1 Å². The molecule has 0 bridgehead atoms. The van der Waals surface area contributed by atoms with Crippen LogP contribution in [0.15, 0.2) is 29.2 Å². The first-order valence-electron chi connectivity index (χ1n) is 9.67. The second-order valence-electron chi connectivity index (χ2n) is 8.50. The molecular formula is C20H31N3O5S. The van der Waals surface area contributed by atoms with Gasteiger partial charge in [0.05, 0.1) is 16.9 Å². The minimum atomic E-state index is -3.76. The van der Waals surface area contributed by atoms with Crippen molar-refractivity contribution in [1.29, 1.82) is 0 Å². The Morgan fingerprint density at radius 1 is 1.24 bits per heavy atom. The third-order valence-corrected chi connectivity index (χ3v) is 5.97. The molecule has 1 aromatic rings. The topological polar surface area (TPSA) is 110 Å². The second-order valence-corrected chi connectivity index (χ2v) is 10.1. The standard InChI is InChI=1S/C20H31N3O5S/c1-14(15-8-10-17(11-9-15)29(21,26)27)22(5)18(24)16-7-6-12-23(13-16)19(25)28-20(2,3)4/h8-11,14,16H,6-7,12-13H2,1-5H3,(H2,21,26,27)/t14-,16-/m1/s1. The summed E-state index contributed by atoms with van der Waals surface area (Å²) in [6, 6.07) is 5.92. The molecule has 0 saturated carbocycles. The van der Waals surface area contributed by atoms with Crippen molar-refractivity contribution < 1.29 is 22.7 Å². The van der Waals surface area contributed by atoms with E-state index >= 15 is 0 Å². The molecule has 1 fully saturated rings. The van der Waals surface area contributed by atoms with Crippen LogP contribution in [0, 0.1) is 5.92 Å². The van der Waals surface area contributed by atoms with E-state index in [1.54, 1.807) is 29.0 Å². The minimum absolute atomic E-state index is 0.0303. The fourth-order valence-electron chi connectivity index (χ4n) is 3.31. The molecule has 1 heterocycles. The molecule has 2 amide bonds. The SMILES string of the molecule is C[C@H](c1ccc(S(N)(=O)=O)cc1)N(C)C(=O)[C@@H]1CCCN(C(=O)OC(C)(C)C)C1. The van der Waals surface area contributed by atoms with Crippen LogP contribution in [0.2, 0.25) is 0 Å². The fraction of sp³-hybridized carbons (Fsp3) is 0.600. The van der Waals surface area contributed by atoms with E-state index in [0.717, 1.165) is 12.0 Å². The van der Waals surface area contributed by atoms with E-state index in [1.165, 1.54) is 12.1 Å². The number of nitrogens with zero attached hydrogens (tertiary/aromatic N) is 2. The van der Waals surface area contributed by atoms with Crippen LogP contribution in [0.1, 0.15) is 52.1 Å². The number of carbonyl (C=O) groups excluding carboxylic acids is 2. The van der Waals surface area contributed by atoms with Crippen LogP contribution in [0.5, 0.6) is 0 Å². The number of rotatable bonds is 4. The van der Waals surface area contributed by atoms with Gasteiger partial charge in [0.25, 0.3) is 0 Å². The Balaban J connectivity index is 2.05. The zero-order chi connectivity index (χ0) is 22.0. The number of primary sulfonamides is 1. The summed E-state index contributed by atoms with van der Waals surface area (Å²) in [5, 5.41) is 5.13. The normalized spacial score (nSPS) is 18.8. The third kappa shape index (κ3) is 6.17. The van der Waals surface area contributed by atoms with Crippen molar-refractivity contribution in [2.75, 3.05) is 20.1 Å². The summed E-state index contributed by atoms with van der Waals surface area (Å²) in [7, 11) is -2.04. The molecule has 29 heavy (non-hydrogen) atoms. The number of benzene rings is 1. The zero-order valence-electron chi connectivity index (χ0n) is 17.7. The summed E-state index contributed by atoms with van der Waals surface area (Å²) >= 11 is 0. The average molecular weight is 426 g/mol. The quantitative estimate of drug-likeness (QED) is 0.797. The van der Waals surface area contributed by atoms with Crippen LogP contribution in [-0.4, -0.2) is 56.0 Å². The maximum absolute atomic E-state index is 13.0. The van der Waals surface area contributed by atoms with E-state index in [4.69, 9.17) is 9.88 Å². The molecule has 2 rings (SSSR count). The molecule has 0 aliphatic carbocycles. The first-order valence-corrected chi connectivity index (χ1v) is 11.2. The number of amides is 2. The molecule has 1 aliphatic rings. The van der Waals surface area contributed by atoms with Crippen LogP contribution in [-0.2, 0) is 19.6 Å². The van der Waals surface area contributed by atoms with Gasteiger partial charge in [-0.25, -0.2) is 18.4 Å². The number of nitrogens with two attached hydrogens (primary N) is 1. The highest BCUT2D eigenvalue weighted by molar-refractivity contribution is 7.89. The lowest BCUT2D eigenvalue weighted by Gasteiger charge is -2.36. The number of hydrogen-bond donors (Lipinski definition) is 1. The van der Waals surface area contributed by atoms with Gasteiger partial charge < -0.3 is 14.5 Å². The largest absolute Gasteiger partial charge is 0.444 e. The first kappa shape index (κ1) is 23.2. The summed E-state index contributed by atoms with van der Waals surface area (Å²) in [6.07, 6.45) is 1.05. The van der Waals surface area contributed by atoms with Crippen molar-refractivity contribution in [2.24, 2.45) is 11.1 Å². The van der Waals surface area contributed by atoms with Crippen LogP contribution < -0.4 is 5.14 Å². The van der Waals surface area contributed by atoms with Gasteiger partial charge in [-0.05, 0) is 58.2 Å².